The molecule has 2 aromatic rings. The molecule has 16 heavy (non-hydrogen) atoms. The second-order valence-electron chi connectivity index (χ2n) is 3.22. The SMILES string of the molecule is Cn1c(-c2cccc([N+](=O)[O-])c2)n[nH]c1=S. The number of nitrogens with one attached hydrogen (secondary N) is 1. The van der Waals surface area contributed by atoms with E-state index in [0.717, 1.165) is 0 Å². The fourth-order valence-electron chi connectivity index (χ4n) is 1.36. The van der Waals surface area contributed by atoms with Gasteiger partial charge in [-0.3, -0.25) is 15.2 Å². The molecule has 0 radical (unpaired) electrons. The molecule has 0 spiro atoms. The van der Waals surface area contributed by atoms with E-state index >= 15 is 0 Å². The maximum atomic E-state index is 10.6. The second kappa shape index (κ2) is 3.86. The summed E-state index contributed by atoms with van der Waals surface area (Å²) in [6, 6.07) is 6.26. The van der Waals surface area contributed by atoms with Gasteiger partial charge in [-0.25, -0.2) is 0 Å². The number of nitro benzene ring substituents is 1. The molecule has 0 fully saturated rings. The van der Waals surface area contributed by atoms with Gasteiger partial charge in [0.15, 0.2) is 10.6 Å². The molecule has 0 saturated heterocycles. The van der Waals surface area contributed by atoms with E-state index in [0.29, 0.717) is 16.2 Å². The Labute approximate surface area is 95.7 Å². The van der Waals surface area contributed by atoms with Crippen molar-refractivity contribution in [3.63, 3.8) is 0 Å². The van der Waals surface area contributed by atoms with Gasteiger partial charge in [-0.15, -0.1) is 0 Å². The van der Waals surface area contributed by atoms with Crippen LogP contribution in [0.5, 0.6) is 0 Å². The van der Waals surface area contributed by atoms with Gasteiger partial charge in [-0.05, 0) is 12.2 Å². The molecule has 0 saturated carbocycles. The number of rotatable bonds is 2. The fourth-order valence-corrected chi connectivity index (χ4v) is 1.50. The zero-order chi connectivity index (χ0) is 11.7. The maximum absolute atomic E-state index is 10.6. The van der Waals surface area contributed by atoms with Crippen molar-refractivity contribution in [2.24, 2.45) is 7.05 Å². The van der Waals surface area contributed by atoms with Gasteiger partial charge in [-0.1, -0.05) is 12.1 Å². The van der Waals surface area contributed by atoms with Gasteiger partial charge in [0.1, 0.15) is 0 Å². The first-order valence-corrected chi connectivity index (χ1v) is 4.86. The number of aromatic amines is 1. The molecule has 0 aliphatic rings. The van der Waals surface area contributed by atoms with Crippen LogP contribution in [-0.4, -0.2) is 19.7 Å². The highest BCUT2D eigenvalue weighted by molar-refractivity contribution is 7.71. The highest BCUT2D eigenvalue weighted by atomic mass is 32.1. The number of non-ortho nitro benzene ring substituents is 1. The summed E-state index contributed by atoms with van der Waals surface area (Å²) in [4.78, 5) is 10.2. The summed E-state index contributed by atoms with van der Waals surface area (Å²) >= 11 is 4.97. The predicted molar refractivity (Wildman–Crippen MR) is 60.5 cm³/mol. The molecule has 0 aliphatic heterocycles. The summed E-state index contributed by atoms with van der Waals surface area (Å²) in [5.74, 6) is 0.578. The number of nitrogens with zero attached hydrogens (tertiary/aromatic N) is 3. The Hall–Kier alpha value is -2.02. The van der Waals surface area contributed by atoms with Gasteiger partial charge in [0.25, 0.3) is 5.69 Å². The average Bonchev–Trinajstić information content (AvgIpc) is 2.60. The topological polar surface area (TPSA) is 76.8 Å². The third kappa shape index (κ3) is 1.72. The fraction of sp³-hybridized carbons (Fsp3) is 0.111. The molecular formula is C9H8N4O2S. The number of hydrogen-bond donors (Lipinski definition) is 1. The van der Waals surface area contributed by atoms with E-state index in [2.05, 4.69) is 10.2 Å². The van der Waals surface area contributed by atoms with Crippen LogP contribution in [0.1, 0.15) is 0 Å². The monoisotopic (exact) mass is 236 g/mol. The Morgan fingerprint density at radius 1 is 1.56 bits per heavy atom. The van der Waals surface area contributed by atoms with Crippen molar-refractivity contribution in [1.29, 1.82) is 0 Å². The molecule has 0 aliphatic carbocycles. The zero-order valence-corrected chi connectivity index (χ0v) is 9.19. The summed E-state index contributed by atoms with van der Waals surface area (Å²) < 4.78 is 2.13. The smallest absolute Gasteiger partial charge is 0.270 e. The molecule has 0 unspecified atom stereocenters. The molecule has 1 aromatic carbocycles. The van der Waals surface area contributed by atoms with Crippen LogP contribution >= 0.6 is 12.2 Å². The first-order chi connectivity index (χ1) is 7.59. The van der Waals surface area contributed by atoms with Crippen LogP contribution in [0.4, 0.5) is 5.69 Å². The predicted octanol–water partition coefficient (Wildman–Crippen LogP) is 2.05. The average molecular weight is 236 g/mol. The van der Waals surface area contributed by atoms with Crippen LogP contribution in [0.2, 0.25) is 0 Å². The molecular weight excluding hydrogens is 228 g/mol. The third-order valence-corrected chi connectivity index (χ3v) is 2.56. The van der Waals surface area contributed by atoms with Crippen LogP contribution < -0.4 is 0 Å². The summed E-state index contributed by atoms with van der Waals surface area (Å²) in [5.41, 5.74) is 0.690. The lowest BCUT2D eigenvalue weighted by atomic mass is 10.2. The van der Waals surface area contributed by atoms with Gasteiger partial charge in [0.2, 0.25) is 0 Å². The van der Waals surface area contributed by atoms with E-state index in [1.54, 1.807) is 23.7 Å². The summed E-state index contributed by atoms with van der Waals surface area (Å²) in [6.45, 7) is 0. The van der Waals surface area contributed by atoms with Crippen LogP contribution in [-0.2, 0) is 7.05 Å². The number of nitro groups is 1. The maximum Gasteiger partial charge on any atom is 0.270 e. The van der Waals surface area contributed by atoms with Crippen LogP contribution in [0, 0.1) is 14.9 Å². The lowest BCUT2D eigenvalue weighted by Gasteiger charge is -1.99. The molecule has 2 rings (SSSR count). The lowest BCUT2D eigenvalue weighted by Crippen LogP contribution is -1.94. The van der Waals surface area contributed by atoms with Crippen LogP contribution in [0.25, 0.3) is 11.4 Å². The van der Waals surface area contributed by atoms with E-state index in [4.69, 9.17) is 12.2 Å². The van der Waals surface area contributed by atoms with E-state index in [-0.39, 0.29) is 5.69 Å². The van der Waals surface area contributed by atoms with Crippen molar-refractivity contribution in [2.45, 2.75) is 0 Å². The Morgan fingerprint density at radius 2 is 2.31 bits per heavy atom. The number of benzene rings is 1. The third-order valence-electron chi connectivity index (χ3n) is 2.19. The molecule has 82 valence electrons. The minimum Gasteiger partial charge on any atom is -0.303 e. The Morgan fingerprint density at radius 3 is 2.88 bits per heavy atom. The second-order valence-corrected chi connectivity index (χ2v) is 3.61. The first-order valence-electron chi connectivity index (χ1n) is 4.46. The molecule has 0 atom stereocenters. The van der Waals surface area contributed by atoms with Crippen LogP contribution in [0.15, 0.2) is 24.3 Å². The van der Waals surface area contributed by atoms with Gasteiger partial charge in [0.05, 0.1) is 4.92 Å². The van der Waals surface area contributed by atoms with Gasteiger partial charge in [-0.2, -0.15) is 5.10 Å². The minimum absolute atomic E-state index is 0.0337. The molecule has 0 bridgehead atoms. The molecule has 6 nitrogen and oxygen atoms in total. The molecule has 1 aromatic heterocycles. The van der Waals surface area contributed by atoms with Crippen molar-refractivity contribution in [3.8, 4) is 11.4 Å². The normalized spacial score (nSPS) is 10.3. The summed E-state index contributed by atoms with van der Waals surface area (Å²) in [7, 11) is 1.75. The van der Waals surface area contributed by atoms with Crippen LogP contribution in [0.3, 0.4) is 0 Å². The van der Waals surface area contributed by atoms with Gasteiger partial charge in [0, 0.05) is 24.7 Å². The lowest BCUT2D eigenvalue weighted by molar-refractivity contribution is -0.384. The number of hydrogen-bond acceptors (Lipinski definition) is 4. The van der Waals surface area contributed by atoms with Gasteiger partial charge < -0.3 is 4.57 Å². The van der Waals surface area contributed by atoms with Crippen molar-refractivity contribution in [2.75, 3.05) is 0 Å². The standard InChI is InChI=1S/C9H8N4O2S/c1-12-8(10-11-9(12)16)6-3-2-4-7(5-6)13(14)15/h2-5H,1H3,(H,11,16). The quantitative estimate of drug-likeness (QED) is 0.492. The first kappa shape index (κ1) is 10.5. The zero-order valence-electron chi connectivity index (χ0n) is 8.38. The molecule has 0 amide bonds. The Bertz CT molecular complexity index is 602. The largest absolute Gasteiger partial charge is 0.303 e. The van der Waals surface area contributed by atoms with Gasteiger partial charge >= 0.3 is 0 Å². The van der Waals surface area contributed by atoms with Crippen molar-refractivity contribution >= 4 is 17.9 Å². The van der Waals surface area contributed by atoms with E-state index in [1.165, 1.54) is 12.1 Å². The highest BCUT2D eigenvalue weighted by Crippen LogP contribution is 2.21. The van der Waals surface area contributed by atoms with Crippen molar-refractivity contribution in [1.82, 2.24) is 14.8 Å². The summed E-state index contributed by atoms with van der Waals surface area (Å²) in [5, 5.41) is 17.3. The minimum atomic E-state index is -0.440. The molecule has 1 heterocycles. The number of aromatic nitrogens is 3. The summed E-state index contributed by atoms with van der Waals surface area (Å²) in [6.07, 6.45) is 0. The van der Waals surface area contributed by atoms with E-state index < -0.39 is 4.92 Å². The van der Waals surface area contributed by atoms with Crippen molar-refractivity contribution < 1.29 is 4.92 Å². The van der Waals surface area contributed by atoms with Crippen molar-refractivity contribution in [3.05, 3.63) is 39.2 Å². The Kier molecular flexibility index (Phi) is 2.53. The van der Waals surface area contributed by atoms with E-state index in [1.807, 2.05) is 0 Å². The van der Waals surface area contributed by atoms with E-state index in [9.17, 15) is 10.1 Å². The number of H-pyrrole nitrogens is 1. The molecule has 7 heteroatoms. The highest BCUT2D eigenvalue weighted by Gasteiger charge is 2.10. The molecule has 1 N–H and O–H groups in total. The Balaban J connectivity index is 2.57.